The van der Waals surface area contributed by atoms with Gasteiger partial charge in [-0.1, -0.05) is 25.7 Å². The SMILES string of the molecule is C[C@H](c1ccc(C(=O)N[C@@H](CC2CCCC2)C(=O)Nc2cn[nH]c2)s1)N1CCOc2ncc(Br)cc21. The Bertz CT molecular complexity index is 1210. The minimum Gasteiger partial charge on any atom is -0.474 e. The van der Waals surface area contributed by atoms with Gasteiger partial charge >= 0.3 is 0 Å². The van der Waals surface area contributed by atoms with E-state index >= 15 is 0 Å². The number of rotatable bonds is 8. The maximum atomic E-state index is 13.2. The summed E-state index contributed by atoms with van der Waals surface area (Å²) in [6.07, 6.45) is 10.1. The number of anilines is 2. The molecule has 0 unspecified atom stereocenters. The number of carbonyl (C=O) groups is 2. The van der Waals surface area contributed by atoms with Gasteiger partial charge < -0.3 is 20.3 Å². The molecule has 190 valence electrons. The predicted octanol–water partition coefficient (Wildman–Crippen LogP) is 4.91. The van der Waals surface area contributed by atoms with Gasteiger partial charge in [0.2, 0.25) is 11.8 Å². The first-order chi connectivity index (χ1) is 17.5. The lowest BCUT2D eigenvalue weighted by molar-refractivity contribution is -0.118. The Morgan fingerprint density at radius 3 is 2.92 bits per heavy atom. The molecule has 11 heteroatoms. The largest absolute Gasteiger partial charge is 0.474 e. The van der Waals surface area contributed by atoms with Crippen molar-refractivity contribution >= 4 is 50.5 Å². The number of fused-ring (bicyclic) bond motifs is 1. The molecular formula is C25H29BrN6O3S. The van der Waals surface area contributed by atoms with Crippen LogP contribution in [0.5, 0.6) is 5.88 Å². The number of hydrogen-bond acceptors (Lipinski definition) is 7. The molecule has 3 aromatic heterocycles. The van der Waals surface area contributed by atoms with Gasteiger partial charge in [0.25, 0.3) is 5.91 Å². The summed E-state index contributed by atoms with van der Waals surface area (Å²) in [5, 5.41) is 12.4. The summed E-state index contributed by atoms with van der Waals surface area (Å²) < 4.78 is 6.60. The minimum absolute atomic E-state index is 0.0361. The first-order valence-electron chi connectivity index (χ1n) is 12.2. The molecule has 2 amide bonds. The fourth-order valence-corrected chi connectivity index (χ4v) is 6.23. The average Bonchev–Trinajstić information content (AvgIpc) is 3.66. The highest BCUT2D eigenvalue weighted by molar-refractivity contribution is 9.10. The Morgan fingerprint density at radius 1 is 1.31 bits per heavy atom. The first-order valence-corrected chi connectivity index (χ1v) is 13.8. The van der Waals surface area contributed by atoms with Crippen LogP contribution in [0.25, 0.3) is 0 Å². The van der Waals surface area contributed by atoms with Crippen LogP contribution >= 0.6 is 27.3 Å². The first kappa shape index (κ1) is 24.8. The van der Waals surface area contributed by atoms with Crippen molar-refractivity contribution in [2.45, 2.75) is 51.1 Å². The molecule has 1 aliphatic carbocycles. The van der Waals surface area contributed by atoms with Crippen LogP contribution in [0.1, 0.15) is 59.6 Å². The van der Waals surface area contributed by atoms with Gasteiger partial charge in [-0.2, -0.15) is 5.10 Å². The molecule has 3 N–H and O–H groups in total. The number of hydrogen-bond donors (Lipinski definition) is 3. The Morgan fingerprint density at radius 2 is 2.14 bits per heavy atom. The highest BCUT2D eigenvalue weighted by atomic mass is 79.9. The quantitative estimate of drug-likeness (QED) is 0.353. The Balaban J connectivity index is 1.29. The molecule has 0 spiro atoms. The summed E-state index contributed by atoms with van der Waals surface area (Å²) in [6, 6.07) is 5.27. The molecule has 5 rings (SSSR count). The summed E-state index contributed by atoms with van der Waals surface area (Å²) in [6.45, 7) is 3.40. The lowest BCUT2D eigenvalue weighted by atomic mass is 9.97. The zero-order valence-electron chi connectivity index (χ0n) is 20.0. The molecule has 3 aromatic rings. The molecule has 9 nitrogen and oxygen atoms in total. The minimum atomic E-state index is -0.604. The van der Waals surface area contributed by atoms with Crippen LogP contribution in [-0.2, 0) is 4.79 Å². The Hall–Kier alpha value is -2.92. The monoisotopic (exact) mass is 572 g/mol. The lowest BCUT2D eigenvalue weighted by Gasteiger charge is -2.35. The van der Waals surface area contributed by atoms with E-state index in [1.54, 1.807) is 18.6 Å². The van der Waals surface area contributed by atoms with Crippen molar-refractivity contribution in [2.24, 2.45) is 5.92 Å². The van der Waals surface area contributed by atoms with Gasteiger partial charge in [-0.3, -0.25) is 14.7 Å². The summed E-state index contributed by atoms with van der Waals surface area (Å²) in [4.78, 5) is 34.5. The van der Waals surface area contributed by atoms with Gasteiger partial charge in [-0.05, 0) is 53.4 Å². The van der Waals surface area contributed by atoms with E-state index in [-0.39, 0.29) is 17.9 Å². The van der Waals surface area contributed by atoms with Crippen molar-refractivity contribution in [3.63, 3.8) is 0 Å². The summed E-state index contributed by atoms with van der Waals surface area (Å²) in [5.74, 6) is 0.614. The van der Waals surface area contributed by atoms with Crippen molar-refractivity contribution < 1.29 is 14.3 Å². The van der Waals surface area contributed by atoms with E-state index in [4.69, 9.17) is 4.74 Å². The number of H-pyrrole nitrogens is 1. The maximum absolute atomic E-state index is 13.2. The molecule has 0 saturated heterocycles. The fourth-order valence-electron chi connectivity index (χ4n) is 4.94. The third kappa shape index (κ3) is 5.57. The molecule has 36 heavy (non-hydrogen) atoms. The molecule has 0 radical (unpaired) electrons. The molecular weight excluding hydrogens is 544 g/mol. The molecule has 1 saturated carbocycles. The fraction of sp³-hybridized carbons (Fsp3) is 0.440. The number of thiophene rings is 1. The highest BCUT2D eigenvalue weighted by Gasteiger charge is 2.29. The van der Waals surface area contributed by atoms with Gasteiger partial charge in [-0.25, -0.2) is 4.98 Å². The number of aromatic amines is 1. The van der Waals surface area contributed by atoms with Crippen LogP contribution in [0, 0.1) is 5.92 Å². The second-order valence-electron chi connectivity index (χ2n) is 9.29. The second kappa shape index (κ2) is 11.0. The average molecular weight is 574 g/mol. The number of nitrogens with one attached hydrogen (secondary N) is 3. The van der Waals surface area contributed by atoms with Crippen LogP contribution in [0.2, 0.25) is 0 Å². The number of ether oxygens (including phenoxy) is 1. The topological polar surface area (TPSA) is 112 Å². The van der Waals surface area contributed by atoms with Crippen molar-refractivity contribution in [3.05, 3.63) is 51.0 Å². The zero-order chi connectivity index (χ0) is 25.1. The van der Waals surface area contributed by atoms with Crippen LogP contribution in [0.4, 0.5) is 11.4 Å². The summed E-state index contributed by atoms with van der Waals surface area (Å²) >= 11 is 4.95. The summed E-state index contributed by atoms with van der Waals surface area (Å²) in [5.41, 5.74) is 1.51. The smallest absolute Gasteiger partial charge is 0.262 e. The van der Waals surface area contributed by atoms with Gasteiger partial charge in [0.05, 0.1) is 29.3 Å². The number of carbonyl (C=O) groups excluding carboxylic acids is 2. The van der Waals surface area contributed by atoms with E-state index in [1.165, 1.54) is 24.2 Å². The van der Waals surface area contributed by atoms with Crippen molar-refractivity contribution in [1.82, 2.24) is 20.5 Å². The van der Waals surface area contributed by atoms with Gasteiger partial charge in [0.15, 0.2) is 0 Å². The molecule has 1 aliphatic heterocycles. The number of halogens is 1. The van der Waals surface area contributed by atoms with E-state index < -0.39 is 6.04 Å². The highest BCUT2D eigenvalue weighted by Crippen LogP contribution is 2.38. The van der Waals surface area contributed by atoms with Gasteiger partial charge in [-0.15, -0.1) is 11.3 Å². The molecule has 1 fully saturated rings. The van der Waals surface area contributed by atoms with Gasteiger partial charge in [0, 0.05) is 21.7 Å². The molecule has 2 atom stereocenters. The van der Waals surface area contributed by atoms with E-state index in [2.05, 4.69) is 53.6 Å². The normalized spacial score (nSPS) is 17.2. The number of pyridine rings is 1. The second-order valence-corrected chi connectivity index (χ2v) is 11.3. The van der Waals surface area contributed by atoms with Crippen LogP contribution in [0.15, 0.2) is 41.3 Å². The third-order valence-electron chi connectivity index (χ3n) is 6.84. The van der Waals surface area contributed by atoms with Crippen molar-refractivity contribution in [2.75, 3.05) is 23.4 Å². The number of nitrogens with zero attached hydrogens (tertiary/aromatic N) is 3. The van der Waals surface area contributed by atoms with E-state index in [0.29, 0.717) is 35.4 Å². The Kier molecular flexibility index (Phi) is 7.56. The van der Waals surface area contributed by atoms with Crippen molar-refractivity contribution in [1.29, 1.82) is 0 Å². The van der Waals surface area contributed by atoms with Crippen molar-refractivity contribution in [3.8, 4) is 5.88 Å². The Labute approximate surface area is 222 Å². The van der Waals surface area contributed by atoms with Gasteiger partial charge in [0.1, 0.15) is 18.3 Å². The van der Waals surface area contributed by atoms with E-state index in [1.807, 2.05) is 18.2 Å². The van der Waals surface area contributed by atoms with Crippen LogP contribution < -0.4 is 20.3 Å². The predicted molar refractivity (Wildman–Crippen MR) is 143 cm³/mol. The molecule has 0 bridgehead atoms. The molecule has 4 heterocycles. The zero-order valence-corrected chi connectivity index (χ0v) is 22.4. The third-order valence-corrected chi connectivity index (χ3v) is 8.53. The van der Waals surface area contributed by atoms with Crippen LogP contribution in [0.3, 0.4) is 0 Å². The summed E-state index contributed by atoms with van der Waals surface area (Å²) in [7, 11) is 0. The maximum Gasteiger partial charge on any atom is 0.262 e. The lowest BCUT2D eigenvalue weighted by Crippen LogP contribution is -2.44. The van der Waals surface area contributed by atoms with E-state index in [0.717, 1.165) is 34.4 Å². The molecule has 0 aromatic carbocycles. The number of aromatic nitrogens is 3. The van der Waals surface area contributed by atoms with Crippen LogP contribution in [-0.4, -0.2) is 46.2 Å². The standard InChI is InChI=1S/C25H29BrN6O3S/c1-15(32-8-9-35-25-20(32)11-17(26)12-27-25)21-6-7-22(36-21)24(34)31-19(10-16-4-2-3-5-16)23(33)30-18-13-28-29-14-18/h6-7,11-16,19H,2-5,8-10H2,1H3,(H,28,29)(H,30,33)(H,31,34)/t15-,19+/m1/s1. The van der Waals surface area contributed by atoms with E-state index in [9.17, 15) is 9.59 Å². The number of amides is 2. The molecule has 2 aliphatic rings.